The maximum atomic E-state index is 4.02. The molecule has 1 aromatic heterocycles. The molecule has 1 aromatic carbocycles. The van der Waals surface area contributed by atoms with Crippen LogP contribution in [0.15, 0.2) is 36.7 Å². The summed E-state index contributed by atoms with van der Waals surface area (Å²) >= 11 is 0. The van der Waals surface area contributed by atoms with Gasteiger partial charge in [-0.1, -0.05) is 49.2 Å². The minimum absolute atomic E-state index is 0.968. The summed E-state index contributed by atoms with van der Waals surface area (Å²) in [6.07, 6.45) is 3.52. The Kier molecular flexibility index (Phi) is 8.46. The van der Waals surface area contributed by atoms with E-state index >= 15 is 0 Å². The van der Waals surface area contributed by atoms with E-state index in [1.54, 1.807) is 12.4 Å². The molecule has 0 radical (unpaired) electrons. The first-order valence-corrected chi connectivity index (χ1v) is 6.36. The van der Waals surface area contributed by atoms with E-state index in [-0.39, 0.29) is 0 Å². The van der Waals surface area contributed by atoms with E-state index in [0.29, 0.717) is 0 Å². The van der Waals surface area contributed by atoms with Gasteiger partial charge in [-0.05, 0) is 27.7 Å². The Morgan fingerprint density at radius 1 is 0.611 bits per heavy atom. The van der Waals surface area contributed by atoms with Crippen LogP contribution in [0.2, 0.25) is 0 Å². The van der Waals surface area contributed by atoms with Crippen LogP contribution in [-0.4, -0.2) is 9.97 Å². The van der Waals surface area contributed by atoms with Crippen molar-refractivity contribution >= 4 is 0 Å². The Morgan fingerprint density at radius 2 is 0.889 bits per heavy atom. The first-order valence-electron chi connectivity index (χ1n) is 6.36. The summed E-state index contributed by atoms with van der Waals surface area (Å²) in [6.45, 7) is 12.0. The second-order valence-corrected chi connectivity index (χ2v) is 3.95. The van der Waals surface area contributed by atoms with Gasteiger partial charge in [-0.2, -0.15) is 0 Å². The summed E-state index contributed by atoms with van der Waals surface area (Å²) < 4.78 is 0. The Morgan fingerprint density at radius 3 is 1.11 bits per heavy atom. The molecular formula is C16H24N2. The van der Waals surface area contributed by atoms with Crippen molar-refractivity contribution in [1.29, 1.82) is 0 Å². The molecule has 0 N–H and O–H groups in total. The van der Waals surface area contributed by atoms with Crippen LogP contribution in [0.5, 0.6) is 0 Å². The molecule has 0 aliphatic carbocycles. The molecule has 98 valence electrons. The van der Waals surface area contributed by atoms with Crippen molar-refractivity contribution in [2.45, 2.75) is 41.5 Å². The molecule has 0 aliphatic heterocycles. The van der Waals surface area contributed by atoms with Gasteiger partial charge in [-0.15, -0.1) is 0 Å². The summed E-state index contributed by atoms with van der Waals surface area (Å²) in [5, 5.41) is 0. The Balaban J connectivity index is 0.000000283. The van der Waals surface area contributed by atoms with Crippen LogP contribution in [0.1, 0.15) is 36.4 Å². The van der Waals surface area contributed by atoms with Gasteiger partial charge in [0.15, 0.2) is 0 Å². The number of hydrogen-bond acceptors (Lipinski definition) is 2. The largest absolute Gasteiger partial charge is 0.258 e. The summed E-state index contributed by atoms with van der Waals surface area (Å²) in [6, 6.07) is 8.48. The fourth-order valence-electron chi connectivity index (χ4n) is 1.09. The van der Waals surface area contributed by atoms with Crippen LogP contribution in [-0.2, 0) is 0 Å². The predicted molar refractivity (Wildman–Crippen MR) is 78.8 cm³/mol. The zero-order chi connectivity index (χ0) is 14.0. The highest BCUT2D eigenvalue weighted by Crippen LogP contribution is 1.99. The molecule has 0 bridgehead atoms. The molecule has 0 fully saturated rings. The number of aromatic nitrogens is 2. The zero-order valence-electron chi connectivity index (χ0n) is 12.4. The van der Waals surface area contributed by atoms with Crippen LogP contribution in [0.25, 0.3) is 0 Å². The first-order chi connectivity index (χ1) is 8.58. The lowest BCUT2D eigenvalue weighted by Crippen LogP contribution is -1.84. The molecule has 18 heavy (non-hydrogen) atoms. The van der Waals surface area contributed by atoms with Gasteiger partial charge >= 0.3 is 0 Å². The molecule has 0 saturated carbocycles. The van der Waals surface area contributed by atoms with Crippen molar-refractivity contribution in [2.24, 2.45) is 0 Å². The standard InChI is InChI=1S/C8H10.C6H8N2.C2H6/c1-7-3-5-8(2)6-4-7;1-5-3-8-6(2)4-7-5;1-2/h3-6H,1-2H3;3-4H,1-2H3;1-2H3. The van der Waals surface area contributed by atoms with Gasteiger partial charge in [0.2, 0.25) is 0 Å². The summed E-state index contributed by atoms with van der Waals surface area (Å²) in [4.78, 5) is 8.03. The highest BCUT2D eigenvalue weighted by Gasteiger charge is 1.82. The van der Waals surface area contributed by atoms with Crippen molar-refractivity contribution in [3.63, 3.8) is 0 Å². The third-order valence-electron chi connectivity index (χ3n) is 2.13. The third kappa shape index (κ3) is 7.55. The zero-order valence-corrected chi connectivity index (χ0v) is 12.4. The van der Waals surface area contributed by atoms with E-state index in [1.807, 2.05) is 27.7 Å². The molecular weight excluding hydrogens is 220 g/mol. The average molecular weight is 244 g/mol. The van der Waals surface area contributed by atoms with E-state index in [9.17, 15) is 0 Å². The van der Waals surface area contributed by atoms with E-state index in [0.717, 1.165) is 11.4 Å². The van der Waals surface area contributed by atoms with Gasteiger partial charge in [0.1, 0.15) is 0 Å². The van der Waals surface area contributed by atoms with Crippen LogP contribution in [0.4, 0.5) is 0 Å². The normalized spacial score (nSPS) is 8.56. The van der Waals surface area contributed by atoms with Crippen LogP contribution in [0, 0.1) is 27.7 Å². The second-order valence-electron chi connectivity index (χ2n) is 3.95. The maximum Gasteiger partial charge on any atom is 0.0555 e. The average Bonchev–Trinajstić information content (AvgIpc) is 2.40. The molecule has 2 nitrogen and oxygen atoms in total. The predicted octanol–water partition coefficient (Wildman–Crippen LogP) is 4.42. The molecule has 0 atom stereocenters. The van der Waals surface area contributed by atoms with Crippen molar-refractivity contribution in [2.75, 3.05) is 0 Å². The van der Waals surface area contributed by atoms with Gasteiger partial charge in [0, 0.05) is 12.4 Å². The molecule has 0 spiro atoms. The topological polar surface area (TPSA) is 25.8 Å². The van der Waals surface area contributed by atoms with Gasteiger partial charge in [-0.3, -0.25) is 9.97 Å². The lowest BCUT2D eigenvalue weighted by molar-refractivity contribution is 1.06. The second kappa shape index (κ2) is 9.34. The van der Waals surface area contributed by atoms with E-state index in [4.69, 9.17) is 0 Å². The van der Waals surface area contributed by atoms with Gasteiger partial charge in [-0.25, -0.2) is 0 Å². The number of rotatable bonds is 0. The molecule has 2 heteroatoms. The van der Waals surface area contributed by atoms with Crippen molar-refractivity contribution in [1.82, 2.24) is 9.97 Å². The molecule has 0 saturated heterocycles. The van der Waals surface area contributed by atoms with Gasteiger partial charge < -0.3 is 0 Å². The highest BCUT2D eigenvalue weighted by atomic mass is 14.8. The quantitative estimate of drug-likeness (QED) is 0.685. The fourth-order valence-corrected chi connectivity index (χ4v) is 1.09. The monoisotopic (exact) mass is 244 g/mol. The highest BCUT2D eigenvalue weighted by molar-refractivity contribution is 5.19. The van der Waals surface area contributed by atoms with Gasteiger partial charge in [0.25, 0.3) is 0 Å². The summed E-state index contributed by atoms with van der Waals surface area (Å²) in [5.74, 6) is 0. The number of aryl methyl sites for hydroxylation is 4. The van der Waals surface area contributed by atoms with E-state index in [1.165, 1.54) is 11.1 Å². The lowest BCUT2D eigenvalue weighted by atomic mass is 10.2. The Labute approximate surface area is 111 Å². The maximum absolute atomic E-state index is 4.02. The molecule has 0 unspecified atom stereocenters. The van der Waals surface area contributed by atoms with Crippen LogP contribution < -0.4 is 0 Å². The van der Waals surface area contributed by atoms with Gasteiger partial charge in [0.05, 0.1) is 11.4 Å². The van der Waals surface area contributed by atoms with Crippen molar-refractivity contribution < 1.29 is 0 Å². The third-order valence-corrected chi connectivity index (χ3v) is 2.13. The number of nitrogens with zero attached hydrogens (tertiary/aromatic N) is 2. The molecule has 2 rings (SSSR count). The molecule has 0 aliphatic rings. The van der Waals surface area contributed by atoms with E-state index < -0.39 is 0 Å². The van der Waals surface area contributed by atoms with Crippen molar-refractivity contribution in [3.05, 3.63) is 59.2 Å². The Hall–Kier alpha value is -1.70. The molecule has 0 amide bonds. The van der Waals surface area contributed by atoms with Crippen molar-refractivity contribution in [3.8, 4) is 0 Å². The Bertz CT molecular complexity index is 330. The number of benzene rings is 1. The fraction of sp³-hybridized carbons (Fsp3) is 0.375. The minimum Gasteiger partial charge on any atom is -0.258 e. The number of hydrogen-bond donors (Lipinski definition) is 0. The summed E-state index contributed by atoms with van der Waals surface area (Å²) in [5.41, 5.74) is 4.59. The lowest BCUT2D eigenvalue weighted by Gasteiger charge is -1.90. The summed E-state index contributed by atoms with van der Waals surface area (Å²) in [7, 11) is 0. The van der Waals surface area contributed by atoms with E-state index in [2.05, 4.69) is 48.1 Å². The van der Waals surface area contributed by atoms with Crippen LogP contribution >= 0.6 is 0 Å². The first kappa shape index (κ1) is 16.3. The molecule has 2 aromatic rings. The SMILES string of the molecule is CC.Cc1ccc(C)cc1.Cc1cnc(C)cn1. The smallest absolute Gasteiger partial charge is 0.0555 e. The minimum atomic E-state index is 0.968. The molecule has 1 heterocycles. The van der Waals surface area contributed by atoms with Crippen LogP contribution in [0.3, 0.4) is 0 Å².